The molecule has 3 nitrogen and oxygen atoms in total. The zero-order chi connectivity index (χ0) is 15.4. The second-order valence-corrected chi connectivity index (χ2v) is 7.05. The summed E-state index contributed by atoms with van der Waals surface area (Å²) in [4.78, 5) is 5.27. The quantitative estimate of drug-likeness (QED) is 0.831. The fourth-order valence-corrected chi connectivity index (χ4v) is 3.27. The van der Waals surface area contributed by atoms with Gasteiger partial charge in [0.15, 0.2) is 0 Å². The van der Waals surface area contributed by atoms with E-state index >= 15 is 0 Å². The van der Waals surface area contributed by atoms with E-state index in [1.54, 1.807) is 17.4 Å². The van der Waals surface area contributed by atoms with Crippen molar-refractivity contribution in [1.29, 1.82) is 0 Å². The lowest BCUT2D eigenvalue weighted by Gasteiger charge is -2.16. The van der Waals surface area contributed by atoms with E-state index in [0.717, 1.165) is 21.9 Å². The first-order valence-corrected chi connectivity index (χ1v) is 8.34. The second kappa shape index (κ2) is 7.45. The average molecular weight is 345 g/mol. The normalized spacial score (nSPS) is 12.4. The number of rotatable bonds is 6. The maximum absolute atomic E-state index is 6.27. The molecule has 1 unspecified atom stereocenters. The highest BCUT2D eigenvalue weighted by Crippen LogP contribution is 2.34. The molecule has 0 aliphatic heterocycles. The first kappa shape index (κ1) is 16.6. The van der Waals surface area contributed by atoms with Gasteiger partial charge in [-0.3, -0.25) is 0 Å². The summed E-state index contributed by atoms with van der Waals surface area (Å²) in [6.45, 7) is 4.47. The first-order valence-electron chi connectivity index (χ1n) is 6.77. The molecule has 0 saturated heterocycles. The Bertz CT molecular complexity index is 616. The van der Waals surface area contributed by atoms with E-state index in [2.05, 4.69) is 11.9 Å². The van der Waals surface area contributed by atoms with Crippen LogP contribution in [0.1, 0.15) is 28.8 Å². The number of hydrogen-bond acceptors (Lipinski definition) is 4. The van der Waals surface area contributed by atoms with Gasteiger partial charge in [0.1, 0.15) is 12.4 Å². The zero-order valence-corrected chi connectivity index (χ0v) is 14.4. The second-order valence-electron chi connectivity index (χ2n) is 4.88. The molecule has 1 atom stereocenters. The third-order valence-corrected chi connectivity index (χ3v) is 4.50. The van der Waals surface area contributed by atoms with Gasteiger partial charge in [0.05, 0.1) is 14.9 Å². The number of hydrogen-bond donors (Lipinski definition) is 1. The van der Waals surface area contributed by atoms with Gasteiger partial charge in [-0.1, -0.05) is 30.1 Å². The molecule has 6 heteroatoms. The summed E-state index contributed by atoms with van der Waals surface area (Å²) in [5.41, 5.74) is 6.98. The van der Waals surface area contributed by atoms with Crippen molar-refractivity contribution >= 4 is 34.5 Å². The topological polar surface area (TPSA) is 48.1 Å². The van der Waals surface area contributed by atoms with Crippen LogP contribution in [0.5, 0.6) is 5.75 Å². The molecule has 0 aliphatic rings. The third kappa shape index (κ3) is 4.58. The summed E-state index contributed by atoms with van der Waals surface area (Å²) >= 11 is 14.0. The van der Waals surface area contributed by atoms with E-state index in [4.69, 9.17) is 33.7 Å². The van der Waals surface area contributed by atoms with Crippen molar-refractivity contribution < 1.29 is 4.74 Å². The first-order chi connectivity index (χ1) is 9.99. The van der Waals surface area contributed by atoms with Crippen LogP contribution in [0.3, 0.4) is 0 Å². The van der Waals surface area contributed by atoms with Crippen LogP contribution in [0.25, 0.3) is 0 Å². The number of benzene rings is 1. The molecule has 1 aromatic carbocycles. The van der Waals surface area contributed by atoms with E-state index in [0.29, 0.717) is 28.8 Å². The molecule has 0 aliphatic carbocycles. The van der Waals surface area contributed by atoms with Crippen molar-refractivity contribution in [3.8, 4) is 5.75 Å². The lowest BCUT2D eigenvalue weighted by molar-refractivity contribution is 0.305. The van der Waals surface area contributed by atoms with Crippen LogP contribution >= 0.6 is 34.5 Å². The van der Waals surface area contributed by atoms with Gasteiger partial charge < -0.3 is 10.5 Å². The molecule has 0 radical (unpaired) electrons. The molecule has 2 N–H and O–H groups in total. The van der Waals surface area contributed by atoms with Crippen LogP contribution in [0.4, 0.5) is 0 Å². The minimum Gasteiger partial charge on any atom is -0.486 e. The summed E-state index contributed by atoms with van der Waals surface area (Å²) in [5, 5.41) is 2.13. The number of nitrogens with zero attached hydrogens (tertiary/aromatic N) is 1. The lowest BCUT2D eigenvalue weighted by Crippen LogP contribution is -2.21. The monoisotopic (exact) mass is 344 g/mol. The maximum atomic E-state index is 6.27. The highest BCUT2D eigenvalue weighted by atomic mass is 35.5. The van der Waals surface area contributed by atoms with Crippen LogP contribution in [-0.2, 0) is 13.0 Å². The summed E-state index contributed by atoms with van der Waals surface area (Å²) in [7, 11) is 0. The van der Waals surface area contributed by atoms with Gasteiger partial charge in [-0.05, 0) is 37.5 Å². The minimum atomic E-state index is 0.0625. The summed E-state index contributed by atoms with van der Waals surface area (Å²) in [6.07, 6.45) is 3.40. The smallest absolute Gasteiger partial charge is 0.141 e. The molecule has 21 heavy (non-hydrogen) atoms. The largest absolute Gasteiger partial charge is 0.486 e. The van der Waals surface area contributed by atoms with Crippen molar-refractivity contribution in [3.63, 3.8) is 0 Å². The molecule has 1 heterocycles. The Kier molecular flexibility index (Phi) is 5.88. The van der Waals surface area contributed by atoms with Crippen LogP contribution < -0.4 is 10.5 Å². The van der Waals surface area contributed by atoms with E-state index < -0.39 is 0 Å². The molecule has 114 valence electrons. The Balaban J connectivity index is 2.19. The van der Waals surface area contributed by atoms with Gasteiger partial charge in [0.25, 0.3) is 0 Å². The van der Waals surface area contributed by atoms with Crippen LogP contribution in [0.2, 0.25) is 10.0 Å². The predicted octanol–water partition coefficient (Wildman–Crippen LogP) is 4.62. The minimum absolute atomic E-state index is 0.0625. The van der Waals surface area contributed by atoms with E-state index in [1.807, 2.05) is 19.2 Å². The standard InChI is InChI=1S/C15H18Cl2N2OS/c1-3-12(18)5-10-4-11(16)6-14(17)15(10)20-8-13-7-19-9(2)21-13/h4,6-7,12H,3,5,8,18H2,1-2H3. The van der Waals surface area contributed by atoms with Gasteiger partial charge in [-0.15, -0.1) is 11.3 Å². The zero-order valence-electron chi connectivity index (χ0n) is 12.0. The fraction of sp³-hybridized carbons (Fsp3) is 0.400. The summed E-state index contributed by atoms with van der Waals surface area (Å²) in [5.74, 6) is 0.663. The molecule has 2 rings (SSSR count). The van der Waals surface area contributed by atoms with Crippen molar-refractivity contribution in [2.45, 2.75) is 39.3 Å². The Morgan fingerprint density at radius 1 is 1.38 bits per heavy atom. The predicted molar refractivity (Wildman–Crippen MR) is 89.6 cm³/mol. The number of nitrogens with two attached hydrogens (primary N) is 1. The number of halogens is 2. The summed E-state index contributed by atoms with van der Waals surface area (Å²) < 4.78 is 5.89. The Hall–Kier alpha value is -0.810. The van der Waals surface area contributed by atoms with Gasteiger partial charge in [-0.25, -0.2) is 4.98 Å². The number of ether oxygens (including phenoxy) is 1. The molecule has 0 fully saturated rings. The third-order valence-electron chi connectivity index (χ3n) is 3.12. The van der Waals surface area contributed by atoms with E-state index in [-0.39, 0.29) is 6.04 Å². The Labute approximate surface area is 139 Å². The van der Waals surface area contributed by atoms with E-state index in [1.165, 1.54) is 0 Å². The van der Waals surface area contributed by atoms with Crippen LogP contribution in [0.15, 0.2) is 18.3 Å². The number of aryl methyl sites for hydroxylation is 1. The highest BCUT2D eigenvalue weighted by molar-refractivity contribution is 7.11. The van der Waals surface area contributed by atoms with Crippen molar-refractivity contribution in [3.05, 3.63) is 43.8 Å². The highest BCUT2D eigenvalue weighted by Gasteiger charge is 2.14. The molecule has 0 bridgehead atoms. The molecule has 1 aromatic heterocycles. The van der Waals surface area contributed by atoms with Gasteiger partial charge in [-0.2, -0.15) is 0 Å². The van der Waals surface area contributed by atoms with Crippen LogP contribution in [-0.4, -0.2) is 11.0 Å². The fourth-order valence-electron chi connectivity index (χ4n) is 1.97. The molecule has 0 amide bonds. The SMILES string of the molecule is CCC(N)Cc1cc(Cl)cc(Cl)c1OCc1cnc(C)s1. The van der Waals surface area contributed by atoms with E-state index in [9.17, 15) is 0 Å². The van der Waals surface area contributed by atoms with Crippen molar-refractivity contribution in [2.24, 2.45) is 5.73 Å². The Morgan fingerprint density at radius 2 is 2.14 bits per heavy atom. The molecule has 2 aromatic rings. The average Bonchev–Trinajstić information content (AvgIpc) is 2.83. The van der Waals surface area contributed by atoms with Crippen molar-refractivity contribution in [1.82, 2.24) is 4.98 Å². The Morgan fingerprint density at radius 3 is 2.76 bits per heavy atom. The van der Waals surface area contributed by atoms with Gasteiger partial charge >= 0.3 is 0 Å². The van der Waals surface area contributed by atoms with Gasteiger partial charge in [0.2, 0.25) is 0 Å². The molecular formula is C15H18Cl2N2OS. The maximum Gasteiger partial charge on any atom is 0.141 e. The van der Waals surface area contributed by atoms with Crippen LogP contribution in [0, 0.1) is 6.92 Å². The molecular weight excluding hydrogens is 327 g/mol. The lowest BCUT2D eigenvalue weighted by atomic mass is 10.0. The van der Waals surface area contributed by atoms with Crippen molar-refractivity contribution in [2.75, 3.05) is 0 Å². The van der Waals surface area contributed by atoms with Gasteiger partial charge in [0, 0.05) is 17.3 Å². The number of aromatic nitrogens is 1. The molecule has 0 spiro atoms. The summed E-state index contributed by atoms with van der Waals surface area (Å²) in [6, 6.07) is 3.63. The molecule has 0 saturated carbocycles. The number of thiazole rings is 1.